The Labute approximate surface area is 109 Å². The molecule has 0 saturated carbocycles. The molecule has 2 unspecified atom stereocenters. The van der Waals surface area contributed by atoms with Crippen molar-refractivity contribution in [2.75, 3.05) is 20.2 Å². The van der Waals surface area contributed by atoms with Gasteiger partial charge in [-0.25, -0.2) is 0 Å². The molecule has 1 saturated heterocycles. The zero-order valence-electron chi connectivity index (χ0n) is 11.5. The van der Waals surface area contributed by atoms with Crippen LogP contribution in [0.15, 0.2) is 18.3 Å². The maximum absolute atomic E-state index is 5.64. The summed E-state index contributed by atoms with van der Waals surface area (Å²) in [6, 6.07) is 4.74. The van der Waals surface area contributed by atoms with E-state index in [4.69, 9.17) is 4.74 Å². The summed E-state index contributed by atoms with van der Waals surface area (Å²) in [4.78, 5) is 6.97. The maximum atomic E-state index is 5.64. The lowest BCUT2D eigenvalue weighted by molar-refractivity contribution is -0.0530. The lowest BCUT2D eigenvalue weighted by Gasteiger charge is -2.36. The number of nitrogens with one attached hydrogen (secondary N) is 1. The number of nitrogens with zero attached hydrogens (tertiary/aromatic N) is 2. The molecule has 100 valence electrons. The van der Waals surface area contributed by atoms with Gasteiger partial charge < -0.3 is 10.1 Å². The van der Waals surface area contributed by atoms with E-state index in [2.05, 4.69) is 41.2 Å². The standard InChI is InChI=1S/C14H23N3O/c1-11-10-18-12(2)8-17(11)9-14-5-4-13(6-15-3)7-16-14/h4-5,7,11-12,15H,6,8-10H2,1-3H3. The predicted octanol–water partition coefficient (Wildman–Crippen LogP) is 1.41. The Balaban J connectivity index is 1.95. The third-order valence-electron chi connectivity index (χ3n) is 3.37. The van der Waals surface area contributed by atoms with Crippen LogP contribution in [-0.4, -0.2) is 42.2 Å². The fourth-order valence-electron chi connectivity index (χ4n) is 2.26. The molecule has 2 atom stereocenters. The third kappa shape index (κ3) is 3.51. The maximum Gasteiger partial charge on any atom is 0.0674 e. The molecule has 1 N–H and O–H groups in total. The summed E-state index contributed by atoms with van der Waals surface area (Å²) in [6.07, 6.45) is 2.28. The number of hydrogen-bond acceptors (Lipinski definition) is 4. The Morgan fingerprint density at radius 3 is 2.94 bits per heavy atom. The minimum Gasteiger partial charge on any atom is -0.376 e. The van der Waals surface area contributed by atoms with Crippen LogP contribution in [0.1, 0.15) is 25.1 Å². The highest BCUT2D eigenvalue weighted by molar-refractivity contribution is 5.14. The van der Waals surface area contributed by atoms with Crippen molar-refractivity contribution in [1.29, 1.82) is 0 Å². The zero-order valence-corrected chi connectivity index (χ0v) is 11.5. The molecule has 1 aliphatic heterocycles. The van der Waals surface area contributed by atoms with Gasteiger partial charge in [-0.3, -0.25) is 9.88 Å². The molecule has 0 spiro atoms. The van der Waals surface area contributed by atoms with Gasteiger partial charge in [-0.05, 0) is 32.5 Å². The van der Waals surface area contributed by atoms with E-state index in [9.17, 15) is 0 Å². The summed E-state index contributed by atoms with van der Waals surface area (Å²) in [5.41, 5.74) is 2.36. The van der Waals surface area contributed by atoms with Gasteiger partial charge in [-0.2, -0.15) is 0 Å². The van der Waals surface area contributed by atoms with Crippen LogP contribution in [0.3, 0.4) is 0 Å². The van der Waals surface area contributed by atoms with Gasteiger partial charge in [0, 0.05) is 31.9 Å². The van der Waals surface area contributed by atoms with Gasteiger partial charge in [0.15, 0.2) is 0 Å². The fraction of sp³-hybridized carbons (Fsp3) is 0.643. The number of ether oxygens (including phenoxy) is 1. The van der Waals surface area contributed by atoms with E-state index in [0.29, 0.717) is 12.1 Å². The molecule has 1 aliphatic rings. The second-order valence-corrected chi connectivity index (χ2v) is 5.11. The van der Waals surface area contributed by atoms with Crippen molar-refractivity contribution in [3.63, 3.8) is 0 Å². The molecular weight excluding hydrogens is 226 g/mol. The molecule has 0 amide bonds. The van der Waals surface area contributed by atoms with Gasteiger partial charge in [-0.15, -0.1) is 0 Å². The average molecular weight is 249 g/mol. The molecule has 0 aromatic carbocycles. The fourth-order valence-corrected chi connectivity index (χ4v) is 2.26. The summed E-state index contributed by atoms with van der Waals surface area (Å²) in [6.45, 7) is 7.93. The Morgan fingerprint density at radius 2 is 2.28 bits per heavy atom. The van der Waals surface area contributed by atoms with Crippen molar-refractivity contribution in [2.45, 2.75) is 39.1 Å². The topological polar surface area (TPSA) is 37.4 Å². The highest BCUT2D eigenvalue weighted by Crippen LogP contribution is 2.14. The van der Waals surface area contributed by atoms with Gasteiger partial charge in [0.2, 0.25) is 0 Å². The van der Waals surface area contributed by atoms with Crippen LogP contribution >= 0.6 is 0 Å². The lowest BCUT2D eigenvalue weighted by Crippen LogP contribution is -2.46. The van der Waals surface area contributed by atoms with Crippen LogP contribution in [0.5, 0.6) is 0 Å². The molecule has 0 aliphatic carbocycles. The molecule has 0 bridgehead atoms. The Morgan fingerprint density at radius 1 is 1.44 bits per heavy atom. The van der Waals surface area contributed by atoms with Gasteiger partial charge >= 0.3 is 0 Å². The second kappa shape index (κ2) is 6.27. The number of pyridine rings is 1. The van der Waals surface area contributed by atoms with Gasteiger partial charge in [0.05, 0.1) is 18.4 Å². The van der Waals surface area contributed by atoms with Crippen molar-refractivity contribution in [2.24, 2.45) is 0 Å². The Kier molecular flexibility index (Phi) is 4.69. The zero-order chi connectivity index (χ0) is 13.0. The van der Waals surface area contributed by atoms with Crippen LogP contribution in [0, 0.1) is 0 Å². The highest BCUT2D eigenvalue weighted by atomic mass is 16.5. The van der Waals surface area contributed by atoms with E-state index in [1.54, 1.807) is 0 Å². The van der Waals surface area contributed by atoms with Gasteiger partial charge in [0.25, 0.3) is 0 Å². The van der Waals surface area contributed by atoms with Gasteiger partial charge in [0.1, 0.15) is 0 Å². The first-order valence-corrected chi connectivity index (χ1v) is 6.63. The molecule has 4 nitrogen and oxygen atoms in total. The van der Waals surface area contributed by atoms with E-state index in [1.165, 1.54) is 5.56 Å². The van der Waals surface area contributed by atoms with E-state index in [0.717, 1.165) is 31.9 Å². The lowest BCUT2D eigenvalue weighted by atomic mass is 10.2. The predicted molar refractivity (Wildman–Crippen MR) is 72.3 cm³/mol. The van der Waals surface area contributed by atoms with Crippen LogP contribution in [-0.2, 0) is 17.8 Å². The van der Waals surface area contributed by atoms with Crippen molar-refractivity contribution in [3.8, 4) is 0 Å². The molecule has 0 radical (unpaired) electrons. The first-order valence-electron chi connectivity index (χ1n) is 6.63. The molecule has 4 heteroatoms. The molecule has 2 heterocycles. The monoisotopic (exact) mass is 249 g/mol. The van der Waals surface area contributed by atoms with E-state index >= 15 is 0 Å². The minimum absolute atomic E-state index is 0.324. The first kappa shape index (κ1) is 13.5. The Hall–Kier alpha value is -0.970. The molecule has 1 fully saturated rings. The van der Waals surface area contributed by atoms with Crippen molar-refractivity contribution < 1.29 is 4.74 Å². The second-order valence-electron chi connectivity index (χ2n) is 5.11. The summed E-state index contributed by atoms with van der Waals surface area (Å²) in [7, 11) is 1.95. The van der Waals surface area contributed by atoms with Crippen LogP contribution in [0.25, 0.3) is 0 Å². The number of rotatable bonds is 4. The summed E-state index contributed by atoms with van der Waals surface area (Å²) >= 11 is 0. The van der Waals surface area contributed by atoms with E-state index < -0.39 is 0 Å². The molecule has 2 rings (SSSR count). The van der Waals surface area contributed by atoms with Crippen molar-refractivity contribution >= 4 is 0 Å². The van der Waals surface area contributed by atoms with Crippen molar-refractivity contribution in [3.05, 3.63) is 29.6 Å². The number of hydrogen-bond donors (Lipinski definition) is 1. The molecule has 1 aromatic heterocycles. The van der Waals surface area contributed by atoms with Crippen LogP contribution in [0.2, 0.25) is 0 Å². The molecule has 18 heavy (non-hydrogen) atoms. The van der Waals surface area contributed by atoms with Gasteiger partial charge in [-0.1, -0.05) is 6.07 Å². The number of morpholine rings is 1. The highest BCUT2D eigenvalue weighted by Gasteiger charge is 2.23. The largest absolute Gasteiger partial charge is 0.376 e. The quantitative estimate of drug-likeness (QED) is 0.875. The Bertz CT molecular complexity index is 366. The summed E-state index contributed by atoms with van der Waals surface area (Å²) in [5, 5.41) is 3.13. The van der Waals surface area contributed by atoms with Crippen LogP contribution in [0.4, 0.5) is 0 Å². The molecular formula is C14H23N3O. The number of aromatic nitrogens is 1. The summed E-state index contributed by atoms with van der Waals surface area (Å²) < 4.78 is 5.64. The normalized spacial score (nSPS) is 25.3. The smallest absolute Gasteiger partial charge is 0.0674 e. The van der Waals surface area contributed by atoms with E-state index in [-0.39, 0.29) is 0 Å². The van der Waals surface area contributed by atoms with E-state index in [1.807, 2.05) is 13.2 Å². The minimum atomic E-state index is 0.324. The molecule has 1 aromatic rings. The van der Waals surface area contributed by atoms with Crippen LogP contribution < -0.4 is 5.32 Å². The SMILES string of the molecule is CNCc1ccc(CN2CC(C)OCC2C)nc1. The van der Waals surface area contributed by atoms with Crippen molar-refractivity contribution in [1.82, 2.24) is 15.2 Å². The third-order valence-corrected chi connectivity index (χ3v) is 3.37. The average Bonchev–Trinajstić information content (AvgIpc) is 2.37. The summed E-state index contributed by atoms with van der Waals surface area (Å²) in [5.74, 6) is 0. The first-order chi connectivity index (χ1) is 8.69.